The Hall–Kier alpha value is -0.570. The second-order valence-corrected chi connectivity index (χ2v) is 24.1. The van der Waals surface area contributed by atoms with Crippen molar-refractivity contribution in [2.45, 2.75) is 112 Å². The Kier molecular flexibility index (Phi) is 52.7. The second-order valence-electron chi connectivity index (χ2n) is 14.2. The summed E-state index contributed by atoms with van der Waals surface area (Å²) in [5.74, 6) is 8.56. The number of methoxy groups -OCH3 is 2. The smallest absolute Gasteiger partial charge is 0.169 e. The molecule has 0 aliphatic carbocycles. The van der Waals surface area contributed by atoms with Crippen LogP contribution in [0.25, 0.3) is 0 Å². The van der Waals surface area contributed by atoms with Crippen molar-refractivity contribution in [1.29, 1.82) is 5.26 Å². The molecule has 374 valence electrons. The van der Waals surface area contributed by atoms with Gasteiger partial charge < -0.3 is 29.3 Å². The van der Waals surface area contributed by atoms with E-state index in [1.165, 1.54) is 47.5 Å². The summed E-state index contributed by atoms with van der Waals surface area (Å²) >= 11 is 9.49. The van der Waals surface area contributed by atoms with Crippen LogP contribution >= 0.6 is 87.3 Å². The molecule has 3 aromatic carbocycles. The van der Waals surface area contributed by atoms with Gasteiger partial charge in [-0.25, -0.2) is 4.67 Å². The molecule has 0 fully saturated rings. The van der Waals surface area contributed by atoms with Crippen LogP contribution in [-0.2, 0) is 9.94 Å². The van der Waals surface area contributed by atoms with Crippen LogP contribution in [0.5, 0.6) is 11.5 Å². The van der Waals surface area contributed by atoms with Crippen LogP contribution in [0.4, 0.5) is 0 Å². The molecule has 0 aliphatic heterocycles. The van der Waals surface area contributed by atoms with Gasteiger partial charge in [0.25, 0.3) is 0 Å². The molecule has 0 spiro atoms. The first kappa shape index (κ1) is 68.7. The summed E-state index contributed by atoms with van der Waals surface area (Å²) < 4.78 is 18.9. The first-order valence-electron chi connectivity index (χ1n) is 22.5. The monoisotopic (exact) mass is 1050 g/mol. The normalized spacial score (nSPS) is 10.9. The molecule has 8 nitrogen and oxygen atoms in total. The Bertz CT molecular complexity index is 1380. The number of rotatable bonds is 26. The van der Waals surface area contributed by atoms with Crippen molar-refractivity contribution in [1.82, 2.24) is 4.67 Å². The van der Waals surface area contributed by atoms with Gasteiger partial charge in [0.1, 0.15) is 11.5 Å². The third-order valence-corrected chi connectivity index (χ3v) is 18.6. The highest BCUT2D eigenvalue weighted by atomic mass is 33.1. The zero-order valence-corrected chi connectivity index (χ0v) is 48.1. The molecule has 1 atom stereocenters. The van der Waals surface area contributed by atoms with Crippen molar-refractivity contribution in [3.63, 3.8) is 0 Å². The maximum Gasteiger partial charge on any atom is 0.169 e. The van der Waals surface area contributed by atoms with Crippen molar-refractivity contribution in [2.24, 2.45) is 0 Å². The highest BCUT2D eigenvalue weighted by Gasteiger charge is 2.31. The van der Waals surface area contributed by atoms with E-state index in [0.29, 0.717) is 30.9 Å². The highest BCUT2D eigenvalue weighted by Crippen LogP contribution is 2.56. The predicted octanol–water partition coefficient (Wildman–Crippen LogP) is 14.2. The van der Waals surface area contributed by atoms with Gasteiger partial charge in [-0.1, -0.05) is 137 Å². The summed E-state index contributed by atoms with van der Waals surface area (Å²) in [7, 11) is 9.92. The van der Waals surface area contributed by atoms with Gasteiger partial charge in [0, 0.05) is 52.0 Å². The van der Waals surface area contributed by atoms with Crippen LogP contribution in [-0.4, -0.2) is 113 Å². The molecule has 0 aromatic heterocycles. The molecule has 0 heterocycles. The molecule has 3 aromatic rings. The first-order chi connectivity index (χ1) is 31.4. The lowest BCUT2D eigenvalue weighted by molar-refractivity contribution is 0.266. The third-order valence-electron chi connectivity index (χ3n) is 8.17. The Morgan fingerprint density at radius 1 is 0.615 bits per heavy atom. The number of nitrogens with zero attached hydrogens (tertiary/aromatic N) is 2. The van der Waals surface area contributed by atoms with E-state index in [9.17, 15) is 0 Å². The minimum atomic E-state index is -0.622. The summed E-state index contributed by atoms with van der Waals surface area (Å²) in [6.45, 7) is 21.0. The maximum absolute atomic E-state index is 8.57. The zero-order valence-electron chi connectivity index (χ0n) is 41.3. The number of hydrogen-bond donors (Lipinski definition) is 5. The van der Waals surface area contributed by atoms with Crippen molar-refractivity contribution in [3.8, 4) is 17.6 Å². The lowest BCUT2D eigenvalue weighted by Gasteiger charge is -2.36. The number of hydrogen-bond acceptors (Lipinski definition) is 15. The van der Waals surface area contributed by atoms with Gasteiger partial charge in [-0.3, -0.25) is 0 Å². The number of thiol groups is 2. The SMILES string of the molecule is CCCS.CCCSP(OCCC#N)N(C(C)C)C(C)C.CCCSSCCC.COc1ccc(C(C)(c2ccccc2)c2ccc(OC)cc2)cc1.OCCS.OCCSSCCO. The number of aliphatic hydroxyl groups excluding tert-OH is 3. The number of aliphatic hydroxyl groups is 3. The Morgan fingerprint density at radius 3 is 1.31 bits per heavy atom. The molecule has 0 aliphatic rings. The molecule has 0 bridgehead atoms. The third kappa shape index (κ3) is 35.2. The lowest BCUT2D eigenvalue weighted by Crippen LogP contribution is -2.32. The largest absolute Gasteiger partial charge is 0.497 e. The maximum atomic E-state index is 8.57. The van der Waals surface area contributed by atoms with E-state index in [0.717, 1.165) is 40.9 Å². The summed E-state index contributed by atoms with van der Waals surface area (Å²) in [6, 6.07) is 30.3. The summed E-state index contributed by atoms with van der Waals surface area (Å²) in [6.07, 6.45) is 5.44. The molecular formula is C49H85N2O6PS7. The van der Waals surface area contributed by atoms with E-state index in [-0.39, 0.29) is 25.2 Å². The van der Waals surface area contributed by atoms with Gasteiger partial charge in [0.2, 0.25) is 0 Å². The zero-order chi connectivity index (χ0) is 49.6. The summed E-state index contributed by atoms with van der Waals surface area (Å²) in [5, 5.41) is 32.9. The van der Waals surface area contributed by atoms with E-state index < -0.39 is 7.50 Å². The van der Waals surface area contributed by atoms with Gasteiger partial charge in [-0.2, -0.15) is 30.5 Å². The first-order valence-corrected chi connectivity index (χ1v) is 31.5. The minimum Gasteiger partial charge on any atom is -0.497 e. The Labute approximate surface area is 429 Å². The Balaban J connectivity index is -0.000000813. The fraction of sp³-hybridized carbons (Fsp3) is 0.612. The molecule has 0 saturated heterocycles. The quantitative estimate of drug-likeness (QED) is 0.0173. The standard InChI is InChI=1S/C22H22O2.C12H25N2OPS.C6H14S2.C4H10O2S2.C3H8S.C2H6OS/c1-22(17-7-5-4-6-8-17,18-9-13-20(23-2)14-10-18)19-11-15-21(24-3)16-12-19;1-6-10-17-16(15-9-7-8-13)14(11(2)3)12(4)5;1-3-5-7-8-6-4-2;5-1-3-7-8-4-2-6;1-2-3-4;3-1-2-4/h4-16H,1-3H3;11-12H,6-7,9-10H2,1-5H3;3-6H2,1-2H3;5-6H,1-4H2;4H,2-3H2,1H3;3-4H,1-2H2. The van der Waals surface area contributed by atoms with Gasteiger partial charge in [0.15, 0.2) is 7.50 Å². The number of nitriles is 1. The number of benzene rings is 3. The van der Waals surface area contributed by atoms with Crippen LogP contribution in [0, 0.1) is 11.3 Å². The van der Waals surface area contributed by atoms with E-state index in [2.05, 4.69) is 147 Å². The highest BCUT2D eigenvalue weighted by molar-refractivity contribution is 8.77. The van der Waals surface area contributed by atoms with E-state index in [1.807, 2.05) is 63.3 Å². The second kappa shape index (κ2) is 49.8. The molecule has 3 N–H and O–H groups in total. The lowest BCUT2D eigenvalue weighted by atomic mass is 9.71. The van der Waals surface area contributed by atoms with E-state index >= 15 is 0 Å². The van der Waals surface area contributed by atoms with Crippen molar-refractivity contribution >= 4 is 87.3 Å². The average Bonchev–Trinajstić information content (AvgIpc) is 3.34. The predicted molar refractivity (Wildman–Crippen MR) is 306 cm³/mol. The molecule has 0 radical (unpaired) electrons. The molecule has 0 amide bonds. The van der Waals surface area contributed by atoms with Gasteiger partial charge in [-0.05, 0) is 107 Å². The molecule has 0 saturated carbocycles. The van der Waals surface area contributed by atoms with Gasteiger partial charge >= 0.3 is 0 Å². The number of ether oxygens (including phenoxy) is 2. The minimum absolute atomic E-state index is 0.184. The topological polar surface area (TPSA) is 115 Å². The summed E-state index contributed by atoms with van der Waals surface area (Å²) in [5.41, 5.74) is 3.44. The summed E-state index contributed by atoms with van der Waals surface area (Å²) in [4.78, 5) is 0. The van der Waals surface area contributed by atoms with Crippen molar-refractivity contribution in [3.05, 3.63) is 95.6 Å². The Morgan fingerprint density at radius 2 is 1.00 bits per heavy atom. The van der Waals surface area contributed by atoms with Gasteiger partial charge in [-0.15, -0.1) is 0 Å². The van der Waals surface area contributed by atoms with E-state index in [1.54, 1.807) is 35.8 Å². The molecular weight excluding hydrogens is 968 g/mol. The molecule has 3 rings (SSSR count). The fourth-order valence-electron chi connectivity index (χ4n) is 5.08. The van der Waals surface area contributed by atoms with Gasteiger partial charge in [0.05, 0.1) is 53.1 Å². The van der Waals surface area contributed by atoms with Crippen LogP contribution in [0.1, 0.15) is 111 Å². The van der Waals surface area contributed by atoms with Crippen LogP contribution < -0.4 is 9.47 Å². The molecule has 16 heteroatoms. The molecule has 1 unspecified atom stereocenters. The van der Waals surface area contributed by atoms with Crippen LogP contribution in [0.15, 0.2) is 78.9 Å². The van der Waals surface area contributed by atoms with Crippen LogP contribution in [0.3, 0.4) is 0 Å². The molecule has 65 heavy (non-hydrogen) atoms. The van der Waals surface area contributed by atoms with E-state index in [4.69, 9.17) is 34.6 Å². The van der Waals surface area contributed by atoms with Crippen molar-refractivity contribution < 1.29 is 29.3 Å². The van der Waals surface area contributed by atoms with Crippen LogP contribution in [0.2, 0.25) is 0 Å². The average molecular weight is 1050 g/mol. The van der Waals surface area contributed by atoms with Crippen molar-refractivity contribution in [2.75, 3.05) is 80.9 Å². The fourth-order valence-corrected chi connectivity index (χ4v) is 13.6.